The number of amides is 1. The summed E-state index contributed by atoms with van der Waals surface area (Å²) < 4.78 is 0. The molecule has 0 bridgehead atoms. The van der Waals surface area contributed by atoms with Crippen LogP contribution in [0.25, 0.3) is 0 Å². The van der Waals surface area contributed by atoms with Crippen LogP contribution in [0.1, 0.15) is 36.9 Å². The standard InChI is InChI=1S/C13H18N2O/c1-9(14)13(16)15-12-8-4-6-10-5-2-3-7-11(10)12/h2-3,5,7,9,12H,4,6,8,14H2,1H3,(H,15,16). The molecule has 0 saturated carbocycles. The molecule has 1 aliphatic rings. The van der Waals surface area contributed by atoms with Gasteiger partial charge in [-0.25, -0.2) is 0 Å². The van der Waals surface area contributed by atoms with Gasteiger partial charge >= 0.3 is 0 Å². The number of benzene rings is 1. The van der Waals surface area contributed by atoms with Crippen molar-refractivity contribution in [2.75, 3.05) is 0 Å². The molecule has 86 valence electrons. The fraction of sp³-hybridized carbons (Fsp3) is 0.462. The van der Waals surface area contributed by atoms with Crippen LogP contribution >= 0.6 is 0 Å². The molecule has 3 heteroatoms. The summed E-state index contributed by atoms with van der Waals surface area (Å²) in [4.78, 5) is 11.6. The lowest BCUT2D eigenvalue weighted by atomic mass is 9.87. The Morgan fingerprint density at radius 3 is 3.00 bits per heavy atom. The fourth-order valence-electron chi connectivity index (χ4n) is 2.21. The van der Waals surface area contributed by atoms with Gasteiger partial charge in [-0.15, -0.1) is 0 Å². The highest BCUT2D eigenvalue weighted by atomic mass is 16.2. The number of nitrogens with one attached hydrogen (secondary N) is 1. The third kappa shape index (κ3) is 2.25. The second-order valence-electron chi connectivity index (χ2n) is 4.44. The Kier molecular flexibility index (Phi) is 3.25. The summed E-state index contributed by atoms with van der Waals surface area (Å²) in [6.07, 6.45) is 3.25. The van der Waals surface area contributed by atoms with Crippen molar-refractivity contribution < 1.29 is 4.79 Å². The van der Waals surface area contributed by atoms with Gasteiger partial charge in [0.25, 0.3) is 0 Å². The maximum Gasteiger partial charge on any atom is 0.237 e. The summed E-state index contributed by atoms with van der Waals surface area (Å²) in [6, 6.07) is 8.02. The van der Waals surface area contributed by atoms with Crippen molar-refractivity contribution in [2.24, 2.45) is 5.73 Å². The molecule has 0 heterocycles. The molecule has 1 aromatic carbocycles. The minimum Gasteiger partial charge on any atom is -0.348 e. The van der Waals surface area contributed by atoms with Crippen molar-refractivity contribution in [3.8, 4) is 0 Å². The fourth-order valence-corrected chi connectivity index (χ4v) is 2.21. The summed E-state index contributed by atoms with van der Waals surface area (Å²) in [6.45, 7) is 1.71. The maximum absolute atomic E-state index is 11.6. The number of rotatable bonds is 2. The number of hydrogen-bond acceptors (Lipinski definition) is 2. The Morgan fingerprint density at radius 1 is 1.50 bits per heavy atom. The highest BCUT2D eigenvalue weighted by molar-refractivity contribution is 5.81. The van der Waals surface area contributed by atoms with Crippen LogP contribution in [0.15, 0.2) is 24.3 Å². The van der Waals surface area contributed by atoms with E-state index in [1.165, 1.54) is 11.1 Å². The number of nitrogens with two attached hydrogens (primary N) is 1. The van der Waals surface area contributed by atoms with E-state index >= 15 is 0 Å². The predicted octanol–water partition coefficient (Wildman–Crippen LogP) is 1.53. The first-order valence-electron chi connectivity index (χ1n) is 5.82. The molecular weight excluding hydrogens is 200 g/mol. The zero-order chi connectivity index (χ0) is 11.5. The molecule has 0 aromatic heterocycles. The first kappa shape index (κ1) is 11.1. The Morgan fingerprint density at radius 2 is 2.25 bits per heavy atom. The van der Waals surface area contributed by atoms with Crippen molar-refractivity contribution >= 4 is 5.91 Å². The zero-order valence-electron chi connectivity index (χ0n) is 9.57. The van der Waals surface area contributed by atoms with Crippen LogP contribution in [0.4, 0.5) is 0 Å². The molecule has 0 spiro atoms. The summed E-state index contributed by atoms with van der Waals surface area (Å²) >= 11 is 0. The van der Waals surface area contributed by atoms with Gasteiger partial charge in [0.05, 0.1) is 12.1 Å². The molecule has 3 nitrogen and oxygen atoms in total. The van der Waals surface area contributed by atoms with Crippen LogP contribution in [0.3, 0.4) is 0 Å². The van der Waals surface area contributed by atoms with Gasteiger partial charge in [0.2, 0.25) is 5.91 Å². The zero-order valence-corrected chi connectivity index (χ0v) is 9.57. The summed E-state index contributed by atoms with van der Waals surface area (Å²) in [5.41, 5.74) is 8.16. The summed E-state index contributed by atoms with van der Waals surface area (Å²) in [5.74, 6) is -0.0679. The molecule has 1 aliphatic carbocycles. The van der Waals surface area contributed by atoms with Gasteiger partial charge in [-0.05, 0) is 37.3 Å². The number of fused-ring (bicyclic) bond motifs is 1. The first-order valence-corrected chi connectivity index (χ1v) is 5.82. The Bertz CT molecular complexity index is 387. The van der Waals surface area contributed by atoms with Crippen LogP contribution in [-0.2, 0) is 11.2 Å². The van der Waals surface area contributed by atoms with Crippen molar-refractivity contribution in [1.29, 1.82) is 0 Å². The van der Waals surface area contributed by atoms with E-state index < -0.39 is 6.04 Å². The van der Waals surface area contributed by atoms with Crippen LogP contribution in [0, 0.1) is 0 Å². The van der Waals surface area contributed by atoms with E-state index in [1.807, 2.05) is 6.07 Å². The molecule has 1 aromatic rings. The molecule has 0 saturated heterocycles. The quantitative estimate of drug-likeness (QED) is 0.791. The molecule has 3 N–H and O–H groups in total. The van der Waals surface area contributed by atoms with E-state index in [0.29, 0.717) is 0 Å². The van der Waals surface area contributed by atoms with Crippen LogP contribution in [0.5, 0.6) is 0 Å². The Hall–Kier alpha value is -1.35. The third-order valence-corrected chi connectivity index (χ3v) is 3.10. The molecule has 16 heavy (non-hydrogen) atoms. The van der Waals surface area contributed by atoms with Crippen molar-refractivity contribution in [1.82, 2.24) is 5.32 Å². The third-order valence-electron chi connectivity index (χ3n) is 3.10. The van der Waals surface area contributed by atoms with E-state index in [4.69, 9.17) is 5.73 Å². The van der Waals surface area contributed by atoms with Gasteiger partial charge < -0.3 is 11.1 Å². The predicted molar refractivity (Wildman–Crippen MR) is 63.9 cm³/mol. The van der Waals surface area contributed by atoms with Crippen LogP contribution < -0.4 is 11.1 Å². The summed E-state index contributed by atoms with van der Waals surface area (Å²) in [5, 5.41) is 3.01. The van der Waals surface area contributed by atoms with Gasteiger partial charge in [-0.2, -0.15) is 0 Å². The van der Waals surface area contributed by atoms with Crippen LogP contribution in [-0.4, -0.2) is 11.9 Å². The molecule has 0 fully saturated rings. The second-order valence-corrected chi connectivity index (χ2v) is 4.44. The normalized spacial score (nSPS) is 21.0. The number of carbonyl (C=O) groups excluding carboxylic acids is 1. The molecule has 0 radical (unpaired) electrons. The monoisotopic (exact) mass is 218 g/mol. The molecule has 0 aliphatic heterocycles. The summed E-state index contributed by atoms with van der Waals surface area (Å²) in [7, 11) is 0. The topological polar surface area (TPSA) is 55.1 Å². The van der Waals surface area contributed by atoms with Crippen molar-refractivity contribution in [2.45, 2.75) is 38.3 Å². The van der Waals surface area contributed by atoms with E-state index in [2.05, 4.69) is 23.5 Å². The lowest BCUT2D eigenvalue weighted by Gasteiger charge is -2.26. The van der Waals surface area contributed by atoms with Gasteiger partial charge in [-0.1, -0.05) is 24.3 Å². The smallest absolute Gasteiger partial charge is 0.237 e. The van der Waals surface area contributed by atoms with Crippen molar-refractivity contribution in [3.05, 3.63) is 35.4 Å². The van der Waals surface area contributed by atoms with Gasteiger partial charge in [0.15, 0.2) is 0 Å². The maximum atomic E-state index is 11.6. The largest absolute Gasteiger partial charge is 0.348 e. The van der Waals surface area contributed by atoms with E-state index in [1.54, 1.807) is 6.92 Å². The average molecular weight is 218 g/mol. The SMILES string of the molecule is CC(N)C(=O)NC1CCCc2ccccc21. The van der Waals surface area contributed by atoms with E-state index in [9.17, 15) is 4.79 Å². The van der Waals surface area contributed by atoms with E-state index in [0.717, 1.165) is 19.3 Å². The number of aryl methyl sites for hydroxylation is 1. The molecular formula is C13H18N2O. The molecule has 2 rings (SSSR count). The molecule has 2 atom stereocenters. The lowest BCUT2D eigenvalue weighted by Crippen LogP contribution is -2.41. The van der Waals surface area contributed by atoms with Gasteiger partial charge in [0.1, 0.15) is 0 Å². The lowest BCUT2D eigenvalue weighted by molar-refractivity contribution is -0.122. The van der Waals surface area contributed by atoms with Gasteiger partial charge in [0, 0.05) is 0 Å². The minimum absolute atomic E-state index is 0.0679. The average Bonchev–Trinajstić information content (AvgIpc) is 2.29. The highest BCUT2D eigenvalue weighted by Crippen LogP contribution is 2.29. The number of hydrogen-bond donors (Lipinski definition) is 2. The van der Waals surface area contributed by atoms with E-state index in [-0.39, 0.29) is 11.9 Å². The highest BCUT2D eigenvalue weighted by Gasteiger charge is 2.22. The van der Waals surface area contributed by atoms with Gasteiger partial charge in [-0.3, -0.25) is 4.79 Å². The Labute approximate surface area is 96.0 Å². The molecule has 2 unspecified atom stereocenters. The molecule has 1 amide bonds. The number of carbonyl (C=O) groups is 1. The Balaban J connectivity index is 2.16. The first-order chi connectivity index (χ1) is 7.68. The van der Waals surface area contributed by atoms with Crippen LogP contribution in [0.2, 0.25) is 0 Å². The van der Waals surface area contributed by atoms with Crippen molar-refractivity contribution in [3.63, 3.8) is 0 Å². The minimum atomic E-state index is -0.436. The second kappa shape index (κ2) is 4.66.